The Morgan fingerprint density at radius 1 is 0.789 bits per heavy atom. The van der Waals surface area contributed by atoms with Gasteiger partial charge in [-0.25, -0.2) is 4.39 Å². The number of unbranched alkanes of at least 4 members (excludes halogenated alkanes) is 1. The lowest BCUT2D eigenvalue weighted by Crippen LogP contribution is -2.25. The Bertz CT molecular complexity index is 995. The second kappa shape index (κ2) is 14.8. The second-order valence-corrected chi connectivity index (χ2v) is 11.8. The SMILES string of the molecule is CCCCOc1ccc(-c2ccc(CC/C=C/C3CCC(C4CCC(CCC)CC4)CC3)cc2)c(F)c1F. The highest BCUT2D eigenvalue weighted by atomic mass is 19.2. The lowest BCUT2D eigenvalue weighted by Gasteiger charge is -2.37. The van der Waals surface area contributed by atoms with Gasteiger partial charge in [0.1, 0.15) is 0 Å². The Hall–Kier alpha value is -2.16. The fourth-order valence-corrected chi connectivity index (χ4v) is 6.75. The molecule has 2 aliphatic carbocycles. The van der Waals surface area contributed by atoms with E-state index in [0.717, 1.165) is 49.4 Å². The van der Waals surface area contributed by atoms with Crippen LogP contribution in [0.1, 0.15) is 103 Å². The molecule has 2 saturated carbocycles. The first-order valence-electron chi connectivity index (χ1n) is 15.5. The molecule has 3 heteroatoms. The first-order valence-corrected chi connectivity index (χ1v) is 15.5. The van der Waals surface area contributed by atoms with Gasteiger partial charge in [0.15, 0.2) is 11.6 Å². The normalized spacial score (nSPS) is 24.1. The van der Waals surface area contributed by atoms with Gasteiger partial charge in [-0.2, -0.15) is 4.39 Å². The van der Waals surface area contributed by atoms with Crippen LogP contribution in [0.5, 0.6) is 5.75 Å². The van der Waals surface area contributed by atoms with Crippen LogP contribution in [0.25, 0.3) is 11.1 Å². The number of aryl methyl sites for hydroxylation is 1. The van der Waals surface area contributed by atoms with Crippen molar-refractivity contribution in [3.63, 3.8) is 0 Å². The number of benzene rings is 2. The topological polar surface area (TPSA) is 9.23 Å². The molecule has 0 N–H and O–H groups in total. The minimum absolute atomic E-state index is 0.00821. The number of rotatable bonds is 12. The highest BCUT2D eigenvalue weighted by Gasteiger charge is 2.30. The van der Waals surface area contributed by atoms with Crippen molar-refractivity contribution >= 4 is 0 Å². The summed E-state index contributed by atoms with van der Waals surface area (Å²) in [5, 5.41) is 0. The number of ether oxygens (including phenoxy) is 1. The fourth-order valence-electron chi connectivity index (χ4n) is 6.75. The third kappa shape index (κ3) is 7.93. The molecule has 0 radical (unpaired) electrons. The number of halogens is 2. The summed E-state index contributed by atoms with van der Waals surface area (Å²) < 4.78 is 34.5. The van der Waals surface area contributed by atoms with Crippen molar-refractivity contribution in [1.29, 1.82) is 0 Å². The molecule has 208 valence electrons. The standard InChI is InChI=1S/C35H48F2O/c1-3-5-25-38-33-24-23-32(34(36)35(33)37)31-21-15-28(16-22-31)10-7-6-9-27-13-19-30(20-14-27)29-17-11-26(8-4-2)12-18-29/h6,9,15-16,21-24,26-27,29-30H,3-5,7-8,10-14,17-20,25H2,1-2H3/b9-6+. The van der Waals surface area contributed by atoms with Gasteiger partial charge < -0.3 is 4.74 Å². The molecule has 2 fully saturated rings. The Balaban J connectivity index is 1.19. The molecule has 0 unspecified atom stereocenters. The average Bonchev–Trinajstić information content (AvgIpc) is 2.95. The molecule has 2 aromatic rings. The second-order valence-electron chi connectivity index (χ2n) is 11.8. The zero-order valence-corrected chi connectivity index (χ0v) is 23.7. The van der Waals surface area contributed by atoms with E-state index in [-0.39, 0.29) is 11.3 Å². The van der Waals surface area contributed by atoms with Gasteiger partial charge >= 0.3 is 0 Å². The molecule has 0 atom stereocenters. The van der Waals surface area contributed by atoms with Crippen LogP contribution in [-0.4, -0.2) is 6.61 Å². The Labute approximate surface area is 230 Å². The molecule has 2 aromatic carbocycles. The molecule has 0 saturated heterocycles. The van der Waals surface area contributed by atoms with Crippen molar-refractivity contribution in [2.75, 3.05) is 6.61 Å². The van der Waals surface area contributed by atoms with Crippen molar-refractivity contribution in [3.05, 3.63) is 65.7 Å². The molecular formula is C35H48F2O. The lowest BCUT2D eigenvalue weighted by atomic mass is 9.68. The molecular weight excluding hydrogens is 474 g/mol. The van der Waals surface area contributed by atoms with Crippen molar-refractivity contribution < 1.29 is 13.5 Å². The minimum Gasteiger partial charge on any atom is -0.490 e. The number of hydrogen-bond donors (Lipinski definition) is 0. The third-order valence-electron chi connectivity index (χ3n) is 9.15. The van der Waals surface area contributed by atoms with Crippen molar-refractivity contribution in [3.8, 4) is 16.9 Å². The molecule has 2 aliphatic rings. The summed E-state index contributed by atoms with van der Waals surface area (Å²) in [7, 11) is 0. The van der Waals surface area contributed by atoms with Gasteiger partial charge in [-0.1, -0.05) is 82.4 Å². The van der Waals surface area contributed by atoms with E-state index in [1.165, 1.54) is 75.8 Å². The van der Waals surface area contributed by atoms with Gasteiger partial charge in [0.25, 0.3) is 0 Å². The molecule has 0 heterocycles. The molecule has 4 rings (SSSR count). The quantitative estimate of drug-likeness (QED) is 0.199. The van der Waals surface area contributed by atoms with Gasteiger partial charge in [0.05, 0.1) is 6.61 Å². The molecule has 0 amide bonds. The molecule has 0 aliphatic heterocycles. The Morgan fingerprint density at radius 3 is 2.13 bits per heavy atom. The third-order valence-corrected chi connectivity index (χ3v) is 9.15. The summed E-state index contributed by atoms with van der Waals surface area (Å²) in [6.45, 7) is 4.76. The van der Waals surface area contributed by atoms with E-state index in [0.29, 0.717) is 12.2 Å². The zero-order chi connectivity index (χ0) is 26.7. The molecule has 38 heavy (non-hydrogen) atoms. The molecule has 0 spiro atoms. The summed E-state index contributed by atoms with van der Waals surface area (Å²) in [6, 6.07) is 11.0. The minimum atomic E-state index is -0.902. The lowest BCUT2D eigenvalue weighted by molar-refractivity contribution is 0.152. The predicted octanol–water partition coefficient (Wildman–Crippen LogP) is 10.7. The average molecular weight is 523 g/mol. The van der Waals surface area contributed by atoms with Crippen LogP contribution >= 0.6 is 0 Å². The van der Waals surface area contributed by atoms with Crippen LogP contribution in [0.4, 0.5) is 8.78 Å². The van der Waals surface area contributed by atoms with E-state index in [1.807, 2.05) is 31.2 Å². The summed E-state index contributed by atoms with van der Waals surface area (Å²) in [6.07, 6.45) is 22.8. The van der Waals surface area contributed by atoms with Crippen LogP contribution < -0.4 is 4.74 Å². The van der Waals surface area contributed by atoms with E-state index in [4.69, 9.17) is 4.74 Å². The maximum atomic E-state index is 14.7. The number of hydrogen-bond acceptors (Lipinski definition) is 1. The first kappa shape index (κ1) is 28.8. The van der Waals surface area contributed by atoms with Crippen molar-refractivity contribution in [1.82, 2.24) is 0 Å². The summed E-state index contributed by atoms with van der Waals surface area (Å²) in [5.74, 6) is 1.98. The van der Waals surface area contributed by atoms with E-state index in [2.05, 4.69) is 19.1 Å². The maximum Gasteiger partial charge on any atom is 0.201 e. The van der Waals surface area contributed by atoms with Crippen LogP contribution in [0.2, 0.25) is 0 Å². The van der Waals surface area contributed by atoms with Gasteiger partial charge in [-0.15, -0.1) is 0 Å². The highest BCUT2D eigenvalue weighted by Crippen LogP contribution is 2.42. The Kier molecular flexibility index (Phi) is 11.3. The van der Waals surface area contributed by atoms with E-state index in [1.54, 1.807) is 6.07 Å². The zero-order valence-electron chi connectivity index (χ0n) is 23.7. The maximum absolute atomic E-state index is 14.7. The summed E-state index contributed by atoms with van der Waals surface area (Å²) >= 11 is 0. The van der Waals surface area contributed by atoms with Crippen LogP contribution in [-0.2, 0) is 6.42 Å². The van der Waals surface area contributed by atoms with Gasteiger partial charge in [0, 0.05) is 5.56 Å². The molecule has 0 aromatic heterocycles. The van der Waals surface area contributed by atoms with Gasteiger partial charge in [-0.3, -0.25) is 0 Å². The van der Waals surface area contributed by atoms with E-state index in [9.17, 15) is 8.78 Å². The smallest absolute Gasteiger partial charge is 0.201 e. The van der Waals surface area contributed by atoms with Crippen LogP contribution in [0.3, 0.4) is 0 Å². The van der Waals surface area contributed by atoms with Crippen LogP contribution in [0, 0.1) is 35.3 Å². The summed E-state index contributed by atoms with van der Waals surface area (Å²) in [4.78, 5) is 0. The van der Waals surface area contributed by atoms with E-state index < -0.39 is 11.6 Å². The summed E-state index contributed by atoms with van der Waals surface area (Å²) in [5.41, 5.74) is 2.19. The molecule has 0 bridgehead atoms. The van der Waals surface area contributed by atoms with Crippen molar-refractivity contribution in [2.24, 2.45) is 23.7 Å². The first-order chi connectivity index (χ1) is 18.6. The van der Waals surface area contributed by atoms with Crippen molar-refractivity contribution in [2.45, 2.75) is 104 Å². The monoisotopic (exact) mass is 522 g/mol. The predicted molar refractivity (Wildman–Crippen MR) is 155 cm³/mol. The Morgan fingerprint density at radius 2 is 1.47 bits per heavy atom. The molecule has 1 nitrogen and oxygen atoms in total. The van der Waals surface area contributed by atoms with Crippen LogP contribution in [0.15, 0.2) is 48.6 Å². The largest absolute Gasteiger partial charge is 0.490 e. The fraction of sp³-hybridized carbons (Fsp3) is 0.600. The highest BCUT2D eigenvalue weighted by molar-refractivity contribution is 5.65. The van der Waals surface area contributed by atoms with Gasteiger partial charge in [-0.05, 0) is 105 Å². The van der Waals surface area contributed by atoms with Gasteiger partial charge in [0.2, 0.25) is 5.82 Å². The van der Waals surface area contributed by atoms with E-state index >= 15 is 0 Å². The number of allylic oxidation sites excluding steroid dienone is 2.